The van der Waals surface area contributed by atoms with Gasteiger partial charge in [0.15, 0.2) is 0 Å². The van der Waals surface area contributed by atoms with Crippen molar-refractivity contribution in [2.75, 3.05) is 19.7 Å². The maximum absolute atomic E-state index is 11.6. The van der Waals surface area contributed by atoms with Crippen LogP contribution in [-0.4, -0.2) is 35.7 Å². The summed E-state index contributed by atoms with van der Waals surface area (Å²) in [6.45, 7) is 1.47. The number of nitrogens with two attached hydrogens (primary N) is 1. The van der Waals surface area contributed by atoms with Gasteiger partial charge < -0.3 is 16.2 Å². The molecule has 1 rings (SSSR count). The first-order chi connectivity index (χ1) is 8.76. The normalized spacial score (nSPS) is 10.6. The highest BCUT2D eigenvalue weighted by Gasteiger charge is 2.06. The van der Waals surface area contributed by atoms with Crippen molar-refractivity contribution in [1.82, 2.24) is 10.3 Å². The van der Waals surface area contributed by atoms with Crippen LogP contribution in [0.1, 0.15) is 30.0 Å². The van der Waals surface area contributed by atoms with Crippen LogP contribution in [0.2, 0.25) is 0 Å². The molecule has 102 valence electrons. The van der Waals surface area contributed by atoms with Gasteiger partial charge in [-0.2, -0.15) is 0 Å². The Morgan fingerprint density at radius 1 is 1.44 bits per heavy atom. The molecule has 0 radical (unpaired) electrons. The number of carbonyl (C=O) groups excluding carboxylic acids is 1. The van der Waals surface area contributed by atoms with Crippen molar-refractivity contribution in [2.24, 2.45) is 5.73 Å². The Balaban J connectivity index is 2.18. The van der Waals surface area contributed by atoms with Gasteiger partial charge in [-0.15, -0.1) is 11.3 Å². The molecule has 1 heterocycles. The van der Waals surface area contributed by atoms with Gasteiger partial charge in [-0.1, -0.05) is 0 Å². The summed E-state index contributed by atoms with van der Waals surface area (Å²) in [4.78, 5) is 15.9. The van der Waals surface area contributed by atoms with Crippen LogP contribution in [0, 0.1) is 0 Å². The summed E-state index contributed by atoms with van der Waals surface area (Å²) < 4.78 is 0. The van der Waals surface area contributed by atoms with Crippen LogP contribution in [0.3, 0.4) is 0 Å². The number of unbranched alkanes of at least 4 members (excludes halogenated alkanes) is 2. The third-order valence-electron chi connectivity index (χ3n) is 2.46. The number of hydrogen-bond acceptors (Lipinski definition) is 5. The molecule has 0 saturated carbocycles. The highest BCUT2D eigenvalue weighted by molar-refractivity contribution is 7.09. The SMILES string of the molecule is NCCc1nc(CC(=O)NCCCCCO)cs1. The number of nitrogens with one attached hydrogen (secondary N) is 1. The minimum absolute atomic E-state index is 0.00333. The van der Waals surface area contributed by atoms with E-state index in [1.807, 2.05) is 5.38 Å². The monoisotopic (exact) mass is 271 g/mol. The van der Waals surface area contributed by atoms with Crippen molar-refractivity contribution in [3.05, 3.63) is 16.1 Å². The van der Waals surface area contributed by atoms with Crippen molar-refractivity contribution in [2.45, 2.75) is 32.1 Å². The van der Waals surface area contributed by atoms with E-state index in [-0.39, 0.29) is 12.5 Å². The Kier molecular flexibility index (Phi) is 7.55. The molecule has 0 saturated heterocycles. The average Bonchev–Trinajstić information content (AvgIpc) is 2.77. The lowest BCUT2D eigenvalue weighted by molar-refractivity contribution is -0.120. The Hall–Kier alpha value is -0.980. The standard InChI is InChI=1S/C12H21N3O2S/c13-5-4-12-15-10(9-18-12)8-11(17)14-6-2-1-3-7-16/h9,16H,1-8,13H2,(H,14,17). The largest absolute Gasteiger partial charge is 0.396 e. The zero-order valence-electron chi connectivity index (χ0n) is 10.5. The summed E-state index contributed by atoms with van der Waals surface area (Å²) in [6.07, 6.45) is 3.74. The lowest BCUT2D eigenvalue weighted by Crippen LogP contribution is -2.26. The predicted octanol–water partition coefficient (Wildman–Crippen LogP) is 0.466. The second-order valence-corrected chi connectivity index (χ2v) is 5.02. The maximum Gasteiger partial charge on any atom is 0.226 e. The molecule has 0 bridgehead atoms. The molecule has 4 N–H and O–H groups in total. The van der Waals surface area contributed by atoms with Crippen LogP contribution in [0.5, 0.6) is 0 Å². The minimum Gasteiger partial charge on any atom is -0.396 e. The van der Waals surface area contributed by atoms with E-state index in [1.165, 1.54) is 0 Å². The van der Waals surface area contributed by atoms with Crippen LogP contribution in [0.4, 0.5) is 0 Å². The summed E-state index contributed by atoms with van der Waals surface area (Å²) >= 11 is 1.55. The van der Waals surface area contributed by atoms with E-state index in [4.69, 9.17) is 10.8 Å². The summed E-state index contributed by atoms with van der Waals surface area (Å²) in [6, 6.07) is 0. The number of nitrogens with zero attached hydrogens (tertiary/aromatic N) is 1. The molecule has 6 heteroatoms. The van der Waals surface area contributed by atoms with Gasteiger partial charge in [-0.3, -0.25) is 4.79 Å². The lowest BCUT2D eigenvalue weighted by Gasteiger charge is -2.03. The fraction of sp³-hybridized carbons (Fsp3) is 0.667. The summed E-state index contributed by atoms with van der Waals surface area (Å²) in [5.41, 5.74) is 6.26. The molecule has 0 fully saturated rings. The van der Waals surface area contributed by atoms with E-state index in [1.54, 1.807) is 11.3 Å². The second kappa shape index (κ2) is 9.02. The number of rotatable bonds is 9. The van der Waals surface area contributed by atoms with Gasteiger partial charge >= 0.3 is 0 Å². The molecule has 1 aromatic rings. The Morgan fingerprint density at radius 3 is 3.00 bits per heavy atom. The van der Waals surface area contributed by atoms with Crippen LogP contribution < -0.4 is 11.1 Å². The van der Waals surface area contributed by atoms with Crippen LogP contribution >= 0.6 is 11.3 Å². The van der Waals surface area contributed by atoms with Gasteiger partial charge in [0.2, 0.25) is 5.91 Å². The fourth-order valence-electron chi connectivity index (χ4n) is 1.54. The molecule has 0 aromatic carbocycles. The topological polar surface area (TPSA) is 88.2 Å². The summed E-state index contributed by atoms with van der Waals surface area (Å²) in [7, 11) is 0. The van der Waals surface area contributed by atoms with Crippen LogP contribution in [0.25, 0.3) is 0 Å². The van der Waals surface area contributed by atoms with Crippen molar-refractivity contribution in [1.29, 1.82) is 0 Å². The van der Waals surface area contributed by atoms with E-state index in [0.29, 0.717) is 19.5 Å². The van der Waals surface area contributed by atoms with Gasteiger partial charge in [-0.25, -0.2) is 4.98 Å². The molecule has 0 spiro atoms. The number of amides is 1. The first kappa shape index (κ1) is 15.1. The van der Waals surface area contributed by atoms with Gasteiger partial charge in [-0.05, 0) is 25.8 Å². The van der Waals surface area contributed by atoms with Crippen molar-refractivity contribution in [3.63, 3.8) is 0 Å². The van der Waals surface area contributed by atoms with E-state index < -0.39 is 0 Å². The second-order valence-electron chi connectivity index (χ2n) is 4.08. The molecule has 0 atom stereocenters. The highest BCUT2D eigenvalue weighted by Crippen LogP contribution is 2.10. The van der Waals surface area contributed by atoms with Gasteiger partial charge in [0, 0.05) is 25.0 Å². The highest BCUT2D eigenvalue weighted by atomic mass is 32.1. The number of aliphatic hydroxyl groups is 1. The van der Waals surface area contributed by atoms with Crippen molar-refractivity contribution in [3.8, 4) is 0 Å². The zero-order valence-corrected chi connectivity index (χ0v) is 11.3. The van der Waals surface area contributed by atoms with E-state index in [2.05, 4.69) is 10.3 Å². The average molecular weight is 271 g/mol. The Morgan fingerprint density at radius 2 is 2.28 bits per heavy atom. The first-order valence-corrected chi connectivity index (χ1v) is 7.15. The number of aliphatic hydroxyl groups excluding tert-OH is 1. The number of thiazole rings is 1. The molecule has 1 aromatic heterocycles. The zero-order chi connectivity index (χ0) is 13.2. The molecule has 1 amide bonds. The number of carbonyl (C=O) groups is 1. The molecule has 0 unspecified atom stereocenters. The first-order valence-electron chi connectivity index (χ1n) is 6.27. The number of hydrogen-bond donors (Lipinski definition) is 3. The van der Waals surface area contributed by atoms with Crippen LogP contribution in [0.15, 0.2) is 5.38 Å². The maximum atomic E-state index is 11.6. The lowest BCUT2D eigenvalue weighted by atomic mass is 10.2. The third-order valence-corrected chi connectivity index (χ3v) is 3.41. The van der Waals surface area contributed by atoms with E-state index >= 15 is 0 Å². The Bertz CT molecular complexity index is 355. The molecule has 18 heavy (non-hydrogen) atoms. The van der Waals surface area contributed by atoms with Gasteiger partial charge in [0.25, 0.3) is 0 Å². The molecule has 0 aliphatic heterocycles. The fourth-order valence-corrected chi connectivity index (χ4v) is 2.35. The molecule has 0 aliphatic carbocycles. The molecular formula is C12H21N3O2S. The quantitative estimate of drug-likeness (QED) is 0.570. The predicted molar refractivity (Wildman–Crippen MR) is 72.5 cm³/mol. The van der Waals surface area contributed by atoms with E-state index in [0.717, 1.165) is 36.4 Å². The van der Waals surface area contributed by atoms with Crippen molar-refractivity contribution >= 4 is 17.2 Å². The number of aromatic nitrogens is 1. The molecule has 5 nitrogen and oxygen atoms in total. The molecule has 0 aliphatic rings. The smallest absolute Gasteiger partial charge is 0.226 e. The van der Waals surface area contributed by atoms with Crippen LogP contribution in [-0.2, 0) is 17.6 Å². The third kappa shape index (κ3) is 6.09. The van der Waals surface area contributed by atoms with Gasteiger partial charge in [0.05, 0.1) is 17.1 Å². The summed E-state index contributed by atoms with van der Waals surface area (Å²) in [5.74, 6) is 0.00333. The Labute approximate surface area is 111 Å². The minimum atomic E-state index is 0.00333. The van der Waals surface area contributed by atoms with Crippen molar-refractivity contribution < 1.29 is 9.90 Å². The van der Waals surface area contributed by atoms with Gasteiger partial charge in [0.1, 0.15) is 0 Å². The van der Waals surface area contributed by atoms with E-state index in [9.17, 15) is 4.79 Å². The molecular weight excluding hydrogens is 250 g/mol. The summed E-state index contributed by atoms with van der Waals surface area (Å²) in [5, 5.41) is 14.4.